The summed E-state index contributed by atoms with van der Waals surface area (Å²) < 4.78 is 40.5. The van der Waals surface area contributed by atoms with Crippen LogP contribution < -0.4 is 4.72 Å². The van der Waals surface area contributed by atoms with Crippen molar-refractivity contribution in [1.82, 2.24) is 4.72 Å². The molecular formula is C13H15ClFNO4S. The van der Waals surface area contributed by atoms with Gasteiger partial charge in [-0.2, -0.15) is 0 Å². The maximum Gasteiger partial charge on any atom is 0.306 e. The number of hydrogen-bond acceptors (Lipinski definition) is 3. The van der Waals surface area contributed by atoms with Crippen molar-refractivity contribution in [2.24, 2.45) is 5.92 Å². The number of benzene rings is 1. The number of carboxylic acids is 1. The molecule has 0 heterocycles. The molecule has 0 amide bonds. The van der Waals surface area contributed by atoms with Gasteiger partial charge in [-0.15, -0.1) is 0 Å². The molecule has 21 heavy (non-hydrogen) atoms. The van der Waals surface area contributed by atoms with E-state index in [1.165, 1.54) is 12.1 Å². The van der Waals surface area contributed by atoms with E-state index in [-0.39, 0.29) is 11.1 Å². The molecule has 0 bridgehead atoms. The smallest absolute Gasteiger partial charge is 0.306 e. The van der Waals surface area contributed by atoms with Crippen molar-refractivity contribution in [3.05, 3.63) is 29.0 Å². The topological polar surface area (TPSA) is 83.5 Å². The standard InChI is InChI=1S/C13H15ClFNO4S/c14-10-2-1-3-11(12(10)15)21(19,20)16-9-6-4-8(5-7-9)13(17)18/h1-3,8-9,16H,4-7H2,(H,17,18). The minimum Gasteiger partial charge on any atom is -0.481 e. The molecule has 1 fully saturated rings. The van der Waals surface area contributed by atoms with Crippen LogP contribution in [-0.2, 0) is 14.8 Å². The highest BCUT2D eigenvalue weighted by molar-refractivity contribution is 7.89. The van der Waals surface area contributed by atoms with Gasteiger partial charge in [0.15, 0.2) is 5.82 Å². The minimum absolute atomic E-state index is 0.257. The zero-order valence-electron chi connectivity index (χ0n) is 11.1. The lowest BCUT2D eigenvalue weighted by atomic mass is 9.87. The lowest BCUT2D eigenvalue weighted by Gasteiger charge is -2.26. The maximum atomic E-state index is 13.8. The molecule has 0 radical (unpaired) electrons. The van der Waals surface area contributed by atoms with Crippen LogP contribution in [0.4, 0.5) is 4.39 Å². The van der Waals surface area contributed by atoms with E-state index < -0.39 is 32.6 Å². The minimum atomic E-state index is -4.01. The molecule has 1 aliphatic rings. The van der Waals surface area contributed by atoms with Crippen LogP contribution in [0.5, 0.6) is 0 Å². The molecule has 0 aromatic heterocycles. The molecule has 2 N–H and O–H groups in total. The van der Waals surface area contributed by atoms with E-state index in [1.54, 1.807) is 0 Å². The number of halogens is 2. The zero-order chi connectivity index (χ0) is 15.6. The lowest BCUT2D eigenvalue weighted by Crippen LogP contribution is -2.39. The Hall–Kier alpha value is -1.18. The molecule has 8 heteroatoms. The van der Waals surface area contributed by atoms with Gasteiger partial charge in [-0.05, 0) is 37.8 Å². The van der Waals surface area contributed by atoms with Gasteiger partial charge in [-0.3, -0.25) is 4.79 Å². The van der Waals surface area contributed by atoms with Crippen LogP contribution in [0.25, 0.3) is 0 Å². The van der Waals surface area contributed by atoms with Gasteiger partial charge >= 0.3 is 5.97 Å². The summed E-state index contributed by atoms with van der Waals surface area (Å²) in [7, 11) is -4.01. The number of sulfonamides is 1. The summed E-state index contributed by atoms with van der Waals surface area (Å²) in [5.41, 5.74) is 0. The first-order chi connectivity index (χ1) is 9.81. The summed E-state index contributed by atoms with van der Waals surface area (Å²) in [6.45, 7) is 0. The Kier molecular flexibility index (Phi) is 4.85. The second-order valence-corrected chi connectivity index (χ2v) is 7.15. The average molecular weight is 336 g/mol. The number of hydrogen-bond donors (Lipinski definition) is 2. The predicted molar refractivity (Wildman–Crippen MR) is 75.1 cm³/mol. The van der Waals surface area contributed by atoms with Gasteiger partial charge in [0.25, 0.3) is 0 Å². The molecule has 1 aromatic carbocycles. The second kappa shape index (κ2) is 6.29. The summed E-state index contributed by atoms with van der Waals surface area (Å²) in [4.78, 5) is 10.4. The highest BCUT2D eigenvalue weighted by atomic mass is 35.5. The van der Waals surface area contributed by atoms with Crippen molar-refractivity contribution in [2.45, 2.75) is 36.6 Å². The fraction of sp³-hybridized carbons (Fsp3) is 0.462. The van der Waals surface area contributed by atoms with Gasteiger partial charge in [-0.25, -0.2) is 17.5 Å². The average Bonchev–Trinajstić information content (AvgIpc) is 2.41. The largest absolute Gasteiger partial charge is 0.481 e. The van der Waals surface area contributed by atoms with Gasteiger partial charge in [-0.1, -0.05) is 17.7 Å². The van der Waals surface area contributed by atoms with Crippen LogP contribution in [0.15, 0.2) is 23.1 Å². The first kappa shape index (κ1) is 16.2. The molecular weight excluding hydrogens is 321 g/mol. The SMILES string of the molecule is O=C(O)C1CCC(NS(=O)(=O)c2cccc(Cl)c2F)CC1. The Morgan fingerprint density at radius 3 is 2.48 bits per heavy atom. The van der Waals surface area contributed by atoms with Crippen LogP contribution in [0, 0.1) is 11.7 Å². The normalized spacial score (nSPS) is 23.0. The summed E-state index contributed by atoms with van der Waals surface area (Å²) in [6, 6.07) is 3.39. The number of aliphatic carboxylic acids is 1. The first-order valence-corrected chi connectivity index (χ1v) is 8.36. The number of carbonyl (C=O) groups is 1. The fourth-order valence-corrected chi connectivity index (χ4v) is 4.07. The third-order valence-electron chi connectivity index (χ3n) is 3.60. The van der Waals surface area contributed by atoms with Gasteiger partial charge < -0.3 is 5.11 Å². The third-order valence-corrected chi connectivity index (χ3v) is 5.43. The highest BCUT2D eigenvalue weighted by Crippen LogP contribution is 2.27. The van der Waals surface area contributed by atoms with Crippen LogP contribution >= 0.6 is 11.6 Å². The molecule has 1 aliphatic carbocycles. The van der Waals surface area contributed by atoms with Gasteiger partial charge in [0.05, 0.1) is 10.9 Å². The van der Waals surface area contributed by atoms with Gasteiger partial charge in [0.1, 0.15) is 4.90 Å². The summed E-state index contributed by atoms with van der Waals surface area (Å²) >= 11 is 5.58. The van der Waals surface area contributed by atoms with Crippen molar-refractivity contribution < 1.29 is 22.7 Å². The summed E-state index contributed by atoms with van der Waals surface area (Å²) in [6.07, 6.45) is 1.64. The Balaban J connectivity index is 2.09. The second-order valence-electron chi connectivity index (χ2n) is 5.06. The molecule has 0 aliphatic heterocycles. The van der Waals surface area contributed by atoms with Crippen LogP contribution in [0.2, 0.25) is 5.02 Å². The van der Waals surface area contributed by atoms with Crippen LogP contribution in [0.3, 0.4) is 0 Å². The van der Waals surface area contributed by atoms with Crippen molar-refractivity contribution in [3.8, 4) is 0 Å². The van der Waals surface area contributed by atoms with Crippen molar-refractivity contribution >= 4 is 27.6 Å². The first-order valence-electron chi connectivity index (χ1n) is 6.50. The van der Waals surface area contributed by atoms with Crippen molar-refractivity contribution in [2.75, 3.05) is 0 Å². The zero-order valence-corrected chi connectivity index (χ0v) is 12.6. The Labute approximate surface area is 127 Å². The van der Waals surface area contributed by atoms with E-state index in [2.05, 4.69) is 4.72 Å². The molecule has 116 valence electrons. The monoisotopic (exact) mass is 335 g/mol. The maximum absolute atomic E-state index is 13.8. The van der Waals surface area contributed by atoms with E-state index in [0.29, 0.717) is 25.7 Å². The molecule has 1 aromatic rings. The molecule has 0 saturated heterocycles. The third kappa shape index (κ3) is 3.72. The predicted octanol–water partition coefficient (Wildman–Crippen LogP) is 2.40. The van der Waals surface area contributed by atoms with Crippen LogP contribution in [0.1, 0.15) is 25.7 Å². The Morgan fingerprint density at radius 2 is 1.90 bits per heavy atom. The number of nitrogens with one attached hydrogen (secondary N) is 1. The lowest BCUT2D eigenvalue weighted by molar-refractivity contribution is -0.142. The van der Waals surface area contributed by atoms with E-state index in [4.69, 9.17) is 16.7 Å². The van der Waals surface area contributed by atoms with Crippen molar-refractivity contribution in [1.29, 1.82) is 0 Å². The van der Waals surface area contributed by atoms with E-state index in [9.17, 15) is 17.6 Å². The molecule has 5 nitrogen and oxygen atoms in total. The number of rotatable bonds is 4. The van der Waals surface area contributed by atoms with E-state index in [0.717, 1.165) is 6.07 Å². The molecule has 0 spiro atoms. The molecule has 0 atom stereocenters. The van der Waals surface area contributed by atoms with E-state index in [1.807, 2.05) is 0 Å². The summed E-state index contributed by atoms with van der Waals surface area (Å²) in [5, 5.41) is 8.64. The summed E-state index contributed by atoms with van der Waals surface area (Å²) in [5.74, 6) is -2.28. The van der Waals surface area contributed by atoms with Crippen LogP contribution in [-0.4, -0.2) is 25.5 Å². The fourth-order valence-electron chi connectivity index (χ4n) is 2.43. The number of carboxylic acid groups (broad SMARTS) is 1. The van der Waals surface area contributed by atoms with Gasteiger partial charge in [0, 0.05) is 6.04 Å². The molecule has 0 unspecified atom stereocenters. The van der Waals surface area contributed by atoms with E-state index >= 15 is 0 Å². The van der Waals surface area contributed by atoms with Crippen molar-refractivity contribution in [3.63, 3.8) is 0 Å². The van der Waals surface area contributed by atoms with Gasteiger partial charge in [0.2, 0.25) is 10.0 Å². The quantitative estimate of drug-likeness (QED) is 0.885. The highest BCUT2D eigenvalue weighted by Gasteiger charge is 2.30. The molecule has 1 saturated carbocycles. The Morgan fingerprint density at radius 1 is 1.29 bits per heavy atom. The Bertz CT molecular complexity index is 642. The molecule has 2 rings (SSSR count).